The maximum absolute atomic E-state index is 11.8. The van der Waals surface area contributed by atoms with Crippen LogP contribution in [0.1, 0.15) is 18.9 Å². The lowest BCUT2D eigenvalue weighted by Gasteiger charge is -2.09. The summed E-state index contributed by atoms with van der Waals surface area (Å²) in [5.74, 6) is 0. The van der Waals surface area contributed by atoms with Gasteiger partial charge in [0, 0.05) is 12.6 Å². The molecule has 1 aromatic heterocycles. The van der Waals surface area contributed by atoms with Crippen molar-refractivity contribution in [2.45, 2.75) is 30.5 Å². The summed E-state index contributed by atoms with van der Waals surface area (Å²) < 4.78 is 26.8. The molecule has 0 saturated heterocycles. The molecule has 0 aliphatic rings. The standard InChI is InChI=1S/C9H15ClN2O2S2/c1-3-7(11)5-12-16(13,14)8-4-6(2)9(10)15-8/h4,7,12H,3,5,11H2,1-2H3. The smallest absolute Gasteiger partial charge is 0.250 e. The fourth-order valence-corrected chi connectivity index (χ4v) is 3.84. The van der Waals surface area contributed by atoms with Gasteiger partial charge in [-0.25, -0.2) is 13.1 Å². The zero-order valence-electron chi connectivity index (χ0n) is 9.16. The van der Waals surface area contributed by atoms with Crippen molar-refractivity contribution in [1.82, 2.24) is 4.72 Å². The fraction of sp³-hybridized carbons (Fsp3) is 0.556. The Hall–Kier alpha value is -0.140. The molecule has 0 fully saturated rings. The van der Waals surface area contributed by atoms with Crippen molar-refractivity contribution in [2.75, 3.05) is 6.54 Å². The van der Waals surface area contributed by atoms with Crippen LogP contribution in [0.5, 0.6) is 0 Å². The van der Waals surface area contributed by atoms with E-state index in [0.29, 0.717) is 4.34 Å². The normalized spacial score (nSPS) is 14.0. The molecule has 0 radical (unpaired) electrons. The van der Waals surface area contributed by atoms with Crippen LogP contribution in [-0.4, -0.2) is 21.0 Å². The van der Waals surface area contributed by atoms with Crippen molar-refractivity contribution in [1.29, 1.82) is 0 Å². The summed E-state index contributed by atoms with van der Waals surface area (Å²) in [4.78, 5) is 0. The van der Waals surface area contributed by atoms with E-state index in [2.05, 4.69) is 4.72 Å². The van der Waals surface area contributed by atoms with E-state index in [1.165, 1.54) is 0 Å². The summed E-state index contributed by atoms with van der Waals surface area (Å²) in [6.45, 7) is 3.92. The summed E-state index contributed by atoms with van der Waals surface area (Å²) in [6, 6.07) is 1.40. The predicted octanol–water partition coefficient (Wildman–Crippen LogP) is 1.73. The number of hydrogen-bond acceptors (Lipinski definition) is 4. The Morgan fingerprint density at radius 2 is 2.25 bits per heavy atom. The van der Waals surface area contributed by atoms with Crippen LogP contribution >= 0.6 is 22.9 Å². The van der Waals surface area contributed by atoms with E-state index in [4.69, 9.17) is 17.3 Å². The highest BCUT2D eigenvalue weighted by molar-refractivity contribution is 7.91. The van der Waals surface area contributed by atoms with E-state index in [1.807, 2.05) is 6.92 Å². The van der Waals surface area contributed by atoms with Crippen LogP contribution in [-0.2, 0) is 10.0 Å². The van der Waals surface area contributed by atoms with Gasteiger partial charge < -0.3 is 5.73 Å². The number of rotatable bonds is 5. The minimum absolute atomic E-state index is 0.161. The second-order valence-corrected chi connectivity index (χ2v) is 7.19. The first-order valence-corrected chi connectivity index (χ1v) is 7.55. The number of nitrogens with two attached hydrogens (primary N) is 1. The van der Waals surface area contributed by atoms with Crippen LogP contribution in [0.2, 0.25) is 4.34 Å². The number of sulfonamides is 1. The predicted molar refractivity (Wildman–Crippen MR) is 67.5 cm³/mol. The first kappa shape index (κ1) is 13.9. The van der Waals surface area contributed by atoms with Gasteiger partial charge in [0.05, 0.1) is 4.34 Å². The molecule has 0 saturated carbocycles. The number of nitrogens with one attached hydrogen (secondary N) is 1. The van der Waals surface area contributed by atoms with Crippen LogP contribution in [0, 0.1) is 6.92 Å². The van der Waals surface area contributed by atoms with Crippen molar-refractivity contribution in [3.63, 3.8) is 0 Å². The fourth-order valence-electron chi connectivity index (χ4n) is 0.996. The summed E-state index contributed by atoms with van der Waals surface area (Å²) in [5.41, 5.74) is 6.41. The molecule has 1 heterocycles. The molecule has 3 N–H and O–H groups in total. The van der Waals surface area contributed by atoms with Crippen LogP contribution in [0.3, 0.4) is 0 Å². The largest absolute Gasteiger partial charge is 0.327 e. The van der Waals surface area contributed by atoms with Crippen LogP contribution in [0.25, 0.3) is 0 Å². The maximum atomic E-state index is 11.8. The van der Waals surface area contributed by atoms with E-state index in [0.717, 1.165) is 23.3 Å². The van der Waals surface area contributed by atoms with Crippen molar-refractivity contribution < 1.29 is 8.42 Å². The highest BCUT2D eigenvalue weighted by atomic mass is 35.5. The Morgan fingerprint density at radius 1 is 1.62 bits per heavy atom. The molecule has 0 spiro atoms. The van der Waals surface area contributed by atoms with Gasteiger partial charge in [0.25, 0.3) is 0 Å². The highest BCUT2D eigenvalue weighted by Crippen LogP contribution is 2.29. The summed E-state index contributed by atoms with van der Waals surface area (Å²) >= 11 is 6.88. The third kappa shape index (κ3) is 3.43. The van der Waals surface area contributed by atoms with Gasteiger partial charge >= 0.3 is 0 Å². The molecule has 0 amide bonds. The lowest BCUT2D eigenvalue weighted by molar-refractivity contribution is 0.565. The number of thiophene rings is 1. The van der Waals surface area contributed by atoms with Crippen molar-refractivity contribution in [3.8, 4) is 0 Å². The first-order chi connectivity index (χ1) is 7.36. The Balaban J connectivity index is 2.78. The molecule has 92 valence electrons. The first-order valence-electron chi connectivity index (χ1n) is 4.88. The molecule has 0 bridgehead atoms. The molecular formula is C9H15ClN2O2S2. The molecule has 1 aromatic rings. The van der Waals surface area contributed by atoms with Gasteiger partial charge in [-0.2, -0.15) is 0 Å². The molecule has 16 heavy (non-hydrogen) atoms. The molecular weight excluding hydrogens is 268 g/mol. The molecule has 0 aliphatic carbocycles. The van der Waals surface area contributed by atoms with Crippen LogP contribution < -0.4 is 10.5 Å². The third-order valence-electron chi connectivity index (χ3n) is 2.16. The molecule has 4 nitrogen and oxygen atoms in total. The van der Waals surface area contributed by atoms with E-state index in [9.17, 15) is 8.42 Å². The van der Waals surface area contributed by atoms with Crippen LogP contribution in [0.15, 0.2) is 10.3 Å². The highest BCUT2D eigenvalue weighted by Gasteiger charge is 2.18. The summed E-state index contributed by atoms with van der Waals surface area (Å²) in [5, 5.41) is 0. The number of aryl methyl sites for hydroxylation is 1. The van der Waals surface area contributed by atoms with E-state index in [-0.39, 0.29) is 16.8 Å². The molecule has 1 rings (SSSR count). The molecule has 7 heteroatoms. The molecule has 1 unspecified atom stereocenters. The third-order valence-corrected chi connectivity index (χ3v) is 5.61. The zero-order chi connectivity index (χ0) is 12.3. The average Bonchev–Trinajstić information content (AvgIpc) is 2.56. The van der Waals surface area contributed by atoms with Gasteiger partial charge in [0.2, 0.25) is 10.0 Å². The zero-order valence-corrected chi connectivity index (χ0v) is 11.5. The number of halogens is 1. The SMILES string of the molecule is CCC(N)CNS(=O)(=O)c1cc(C)c(Cl)s1. The van der Waals surface area contributed by atoms with Gasteiger partial charge in [-0.3, -0.25) is 0 Å². The minimum Gasteiger partial charge on any atom is -0.327 e. The van der Waals surface area contributed by atoms with Crippen molar-refractivity contribution in [2.24, 2.45) is 5.73 Å². The van der Waals surface area contributed by atoms with Gasteiger partial charge in [-0.1, -0.05) is 18.5 Å². The van der Waals surface area contributed by atoms with Gasteiger partial charge in [-0.05, 0) is 25.0 Å². The maximum Gasteiger partial charge on any atom is 0.250 e. The van der Waals surface area contributed by atoms with Crippen LogP contribution in [0.4, 0.5) is 0 Å². The second-order valence-electron chi connectivity index (χ2n) is 3.54. The van der Waals surface area contributed by atoms with E-state index in [1.54, 1.807) is 13.0 Å². The van der Waals surface area contributed by atoms with Gasteiger partial charge in [-0.15, -0.1) is 11.3 Å². The van der Waals surface area contributed by atoms with Crippen molar-refractivity contribution in [3.05, 3.63) is 16.0 Å². The Labute approximate surface area is 105 Å². The Bertz CT molecular complexity index is 437. The topological polar surface area (TPSA) is 72.2 Å². The Kier molecular flexibility index (Phi) is 4.75. The Morgan fingerprint density at radius 3 is 2.69 bits per heavy atom. The summed E-state index contributed by atoms with van der Waals surface area (Å²) in [7, 11) is -3.46. The van der Waals surface area contributed by atoms with Gasteiger partial charge in [0.15, 0.2) is 0 Å². The van der Waals surface area contributed by atoms with E-state index >= 15 is 0 Å². The van der Waals surface area contributed by atoms with Crippen molar-refractivity contribution >= 4 is 33.0 Å². The molecule has 0 aromatic carbocycles. The van der Waals surface area contributed by atoms with Gasteiger partial charge in [0.1, 0.15) is 4.21 Å². The molecule has 1 atom stereocenters. The monoisotopic (exact) mass is 282 g/mol. The lowest BCUT2D eigenvalue weighted by atomic mass is 10.2. The second kappa shape index (κ2) is 5.46. The van der Waals surface area contributed by atoms with E-state index < -0.39 is 10.0 Å². The summed E-state index contributed by atoms with van der Waals surface area (Å²) in [6.07, 6.45) is 0.729. The number of hydrogen-bond donors (Lipinski definition) is 2. The average molecular weight is 283 g/mol. The molecule has 0 aliphatic heterocycles. The quantitative estimate of drug-likeness (QED) is 0.864. The minimum atomic E-state index is -3.46. The lowest BCUT2D eigenvalue weighted by Crippen LogP contribution is -2.36.